The van der Waals surface area contributed by atoms with Gasteiger partial charge >= 0.3 is 7.60 Å². The van der Waals surface area contributed by atoms with E-state index in [9.17, 15) is 4.57 Å². The first-order valence-corrected chi connectivity index (χ1v) is 7.95. The number of thioether (sulfide) groups is 1. The predicted octanol–water partition coefficient (Wildman–Crippen LogP) is 3.16. The Morgan fingerprint density at radius 3 is 2.50 bits per heavy atom. The lowest BCUT2D eigenvalue weighted by molar-refractivity contribution is 0.219. The van der Waals surface area contributed by atoms with Gasteiger partial charge in [-0.15, -0.1) is 0 Å². The molecule has 0 amide bonds. The van der Waals surface area contributed by atoms with Gasteiger partial charge in [0.1, 0.15) is 6.26 Å². The maximum atomic E-state index is 12.1. The third kappa shape index (κ3) is 3.94. The van der Waals surface area contributed by atoms with E-state index in [4.69, 9.17) is 13.5 Å². The molecule has 5 nitrogen and oxygen atoms in total. The molecule has 1 aromatic heterocycles. The Bertz CT molecular complexity index is 358. The fourth-order valence-corrected chi connectivity index (χ4v) is 3.11. The molecule has 0 saturated carbocycles. The monoisotopic (exact) mass is 265 g/mol. The van der Waals surface area contributed by atoms with Crippen LogP contribution in [0.4, 0.5) is 0 Å². The van der Waals surface area contributed by atoms with Crippen molar-refractivity contribution in [1.29, 1.82) is 0 Å². The molecule has 0 atom stereocenters. The van der Waals surface area contributed by atoms with Crippen LogP contribution in [0.2, 0.25) is 0 Å². The van der Waals surface area contributed by atoms with Crippen LogP contribution in [0.3, 0.4) is 0 Å². The minimum absolute atomic E-state index is 0.152. The highest BCUT2D eigenvalue weighted by Gasteiger charge is 2.25. The Hall–Kier alpha value is -0.290. The van der Waals surface area contributed by atoms with Crippen LogP contribution in [-0.4, -0.2) is 24.5 Å². The minimum Gasteiger partial charge on any atom is -0.440 e. The van der Waals surface area contributed by atoms with Crippen molar-refractivity contribution in [3.05, 3.63) is 12.0 Å². The van der Waals surface area contributed by atoms with Crippen molar-refractivity contribution in [2.45, 2.75) is 25.2 Å². The van der Waals surface area contributed by atoms with Gasteiger partial charge in [0.2, 0.25) is 0 Å². The molecule has 0 radical (unpaired) electrons. The van der Waals surface area contributed by atoms with E-state index in [1.54, 1.807) is 13.8 Å². The maximum absolute atomic E-state index is 12.1. The van der Waals surface area contributed by atoms with Gasteiger partial charge in [-0.3, -0.25) is 4.57 Å². The summed E-state index contributed by atoms with van der Waals surface area (Å²) in [6.07, 6.45) is 3.50. The molecule has 0 aromatic carbocycles. The van der Waals surface area contributed by atoms with E-state index in [0.717, 1.165) is 0 Å². The summed E-state index contributed by atoms with van der Waals surface area (Å²) in [7, 11) is -3.07. The van der Waals surface area contributed by atoms with Gasteiger partial charge < -0.3 is 13.5 Å². The fourth-order valence-electron chi connectivity index (χ4n) is 1.18. The van der Waals surface area contributed by atoms with Crippen LogP contribution in [0.1, 0.15) is 19.5 Å². The third-order valence-corrected chi connectivity index (χ3v) is 4.26. The summed E-state index contributed by atoms with van der Waals surface area (Å²) in [5.74, 6) is 0. The lowest BCUT2D eigenvalue weighted by atomic mass is 10.6. The molecule has 0 N–H and O–H groups in total. The number of aromatic nitrogens is 1. The molecule has 0 bridgehead atoms. The summed E-state index contributed by atoms with van der Waals surface area (Å²) in [4.78, 5) is 4.14. The van der Waals surface area contributed by atoms with Crippen molar-refractivity contribution in [2.24, 2.45) is 0 Å². The lowest BCUT2D eigenvalue weighted by Gasteiger charge is -2.15. The molecule has 0 fully saturated rings. The third-order valence-electron chi connectivity index (χ3n) is 1.71. The van der Waals surface area contributed by atoms with E-state index in [1.165, 1.54) is 18.0 Å². The first-order valence-electron chi connectivity index (χ1n) is 5.00. The molecular weight excluding hydrogens is 249 g/mol. The van der Waals surface area contributed by atoms with Gasteiger partial charge in [0.25, 0.3) is 5.22 Å². The first kappa shape index (κ1) is 13.8. The van der Waals surface area contributed by atoms with E-state index in [1.807, 2.05) is 6.26 Å². The van der Waals surface area contributed by atoms with E-state index in [-0.39, 0.29) is 6.16 Å². The average Bonchev–Trinajstić information content (AvgIpc) is 2.65. The topological polar surface area (TPSA) is 61.6 Å². The Morgan fingerprint density at radius 1 is 1.44 bits per heavy atom. The number of nitrogens with zero attached hydrogens (tertiary/aromatic N) is 1. The van der Waals surface area contributed by atoms with Gasteiger partial charge in [-0.25, -0.2) is 4.98 Å². The average molecular weight is 265 g/mol. The molecule has 0 aliphatic rings. The van der Waals surface area contributed by atoms with Gasteiger partial charge in [0.05, 0.1) is 25.1 Å². The van der Waals surface area contributed by atoms with Crippen molar-refractivity contribution < 1.29 is 18.0 Å². The summed E-state index contributed by atoms with van der Waals surface area (Å²) >= 11 is 1.39. The number of hydrogen-bond acceptors (Lipinski definition) is 6. The van der Waals surface area contributed by atoms with Crippen LogP contribution >= 0.6 is 19.4 Å². The van der Waals surface area contributed by atoms with Crippen LogP contribution in [-0.2, 0) is 19.8 Å². The van der Waals surface area contributed by atoms with Crippen LogP contribution in [0.15, 0.2) is 15.9 Å². The minimum atomic E-state index is -3.07. The predicted molar refractivity (Wildman–Crippen MR) is 62.8 cm³/mol. The Labute approximate surface area is 99.4 Å². The van der Waals surface area contributed by atoms with Crippen molar-refractivity contribution in [3.8, 4) is 0 Å². The van der Waals surface area contributed by atoms with Gasteiger partial charge in [-0.2, -0.15) is 0 Å². The van der Waals surface area contributed by atoms with E-state index in [0.29, 0.717) is 24.1 Å². The number of rotatable bonds is 7. The zero-order valence-electron chi connectivity index (χ0n) is 9.63. The van der Waals surface area contributed by atoms with Crippen LogP contribution in [0.5, 0.6) is 0 Å². The molecular formula is C9H16NO4PS. The molecule has 1 heterocycles. The largest absolute Gasteiger partial charge is 0.440 e. The normalized spacial score (nSPS) is 11.9. The first-order chi connectivity index (χ1) is 7.63. The molecule has 7 heteroatoms. The van der Waals surface area contributed by atoms with Crippen LogP contribution < -0.4 is 0 Å². The quantitative estimate of drug-likeness (QED) is 0.557. The molecule has 0 saturated heterocycles. The van der Waals surface area contributed by atoms with Crippen molar-refractivity contribution in [3.63, 3.8) is 0 Å². The molecule has 1 rings (SSSR count). The van der Waals surface area contributed by atoms with Gasteiger partial charge in [0.15, 0.2) is 0 Å². The smallest absolute Gasteiger partial charge is 0.336 e. The Balaban J connectivity index is 2.71. The van der Waals surface area contributed by atoms with E-state index < -0.39 is 7.60 Å². The Kier molecular flexibility index (Phi) is 5.55. The summed E-state index contributed by atoms with van der Waals surface area (Å²) in [6, 6.07) is 0. The van der Waals surface area contributed by atoms with Gasteiger partial charge in [0, 0.05) is 0 Å². The number of hydrogen-bond donors (Lipinski definition) is 0. The van der Waals surface area contributed by atoms with Crippen LogP contribution in [0.25, 0.3) is 0 Å². The summed E-state index contributed by atoms with van der Waals surface area (Å²) in [6.45, 7) is 4.26. The summed E-state index contributed by atoms with van der Waals surface area (Å²) in [5, 5.41) is 0.551. The van der Waals surface area contributed by atoms with Gasteiger partial charge in [-0.1, -0.05) is 11.8 Å². The standard InChI is InChI=1S/C9H16NO4PS/c1-4-13-15(11,14-5-2)7-8-6-12-9(10-8)16-3/h6H,4-5,7H2,1-3H3. The molecule has 0 unspecified atom stereocenters. The zero-order chi connectivity index (χ0) is 12.0. The van der Waals surface area contributed by atoms with E-state index >= 15 is 0 Å². The van der Waals surface area contributed by atoms with Crippen LogP contribution in [0, 0.1) is 0 Å². The number of oxazole rings is 1. The molecule has 0 aliphatic carbocycles. The summed E-state index contributed by atoms with van der Waals surface area (Å²) < 4.78 is 27.6. The molecule has 92 valence electrons. The lowest BCUT2D eigenvalue weighted by Crippen LogP contribution is -1.99. The second-order valence-corrected chi connectivity index (χ2v) is 5.73. The van der Waals surface area contributed by atoms with Crippen molar-refractivity contribution >= 4 is 19.4 Å². The van der Waals surface area contributed by atoms with E-state index in [2.05, 4.69) is 4.98 Å². The Morgan fingerprint density at radius 2 is 2.06 bits per heavy atom. The SMILES string of the molecule is CCOP(=O)(Cc1coc(SC)n1)OCC. The maximum Gasteiger partial charge on any atom is 0.336 e. The molecule has 16 heavy (non-hydrogen) atoms. The second kappa shape index (κ2) is 6.45. The molecule has 0 spiro atoms. The highest BCUT2D eigenvalue weighted by atomic mass is 32.2. The second-order valence-electron chi connectivity index (χ2n) is 2.91. The zero-order valence-corrected chi connectivity index (χ0v) is 11.3. The van der Waals surface area contributed by atoms with Crippen molar-refractivity contribution in [1.82, 2.24) is 4.98 Å². The highest BCUT2D eigenvalue weighted by Crippen LogP contribution is 2.51. The summed E-state index contributed by atoms with van der Waals surface area (Å²) in [5.41, 5.74) is 0.592. The highest BCUT2D eigenvalue weighted by molar-refractivity contribution is 7.98. The van der Waals surface area contributed by atoms with Gasteiger partial charge in [-0.05, 0) is 20.1 Å². The molecule has 1 aromatic rings. The molecule has 0 aliphatic heterocycles. The fraction of sp³-hybridized carbons (Fsp3) is 0.667. The van der Waals surface area contributed by atoms with Crippen molar-refractivity contribution in [2.75, 3.05) is 19.5 Å².